The number of hydrogen-bond donors (Lipinski definition) is 0. The van der Waals surface area contributed by atoms with Gasteiger partial charge in [0.1, 0.15) is 5.03 Å². The van der Waals surface area contributed by atoms with Gasteiger partial charge in [0.15, 0.2) is 5.15 Å². The van der Waals surface area contributed by atoms with E-state index >= 15 is 0 Å². The van der Waals surface area contributed by atoms with Crippen LogP contribution in [0, 0.1) is 0 Å². The monoisotopic (exact) mass is 249 g/mol. The van der Waals surface area contributed by atoms with Crippen LogP contribution in [0.5, 0.6) is 0 Å². The number of rotatable bonds is 2. The Labute approximate surface area is 96.6 Å². The topological polar surface area (TPSA) is 38.7 Å². The zero-order valence-electron chi connectivity index (χ0n) is 7.41. The van der Waals surface area contributed by atoms with Crippen molar-refractivity contribution in [2.24, 2.45) is 0 Å². The molecule has 14 heavy (non-hydrogen) atoms. The molecule has 0 saturated heterocycles. The zero-order valence-corrected chi connectivity index (χ0v) is 9.74. The van der Waals surface area contributed by atoms with Crippen molar-refractivity contribution < 1.29 is 0 Å². The predicted molar refractivity (Wildman–Crippen MR) is 58.0 cm³/mol. The first kappa shape index (κ1) is 10.5. The van der Waals surface area contributed by atoms with Crippen LogP contribution in [0.4, 0.5) is 0 Å². The molecule has 76 valence electrons. The van der Waals surface area contributed by atoms with E-state index in [0.29, 0.717) is 15.4 Å². The molecule has 0 spiro atoms. The summed E-state index contributed by atoms with van der Waals surface area (Å²) >= 11 is 13.2. The molecule has 1 aliphatic rings. The van der Waals surface area contributed by atoms with Crippen LogP contribution in [-0.4, -0.2) is 20.4 Å². The second-order valence-corrected chi connectivity index (χ2v) is 5.19. The number of nitrogens with zero attached hydrogens (tertiary/aromatic N) is 3. The van der Waals surface area contributed by atoms with Crippen molar-refractivity contribution in [1.82, 2.24) is 15.2 Å². The minimum atomic E-state index is 0.162. The van der Waals surface area contributed by atoms with Gasteiger partial charge < -0.3 is 0 Å². The smallest absolute Gasteiger partial charge is 0.207 e. The molecule has 1 aliphatic carbocycles. The maximum Gasteiger partial charge on any atom is 0.244 e. The van der Waals surface area contributed by atoms with Gasteiger partial charge in [0.05, 0.1) is 0 Å². The minimum absolute atomic E-state index is 0.162. The van der Waals surface area contributed by atoms with Crippen molar-refractivity contribution in [3.8, 4) is 0 Å². The van der Waals surface area contributed by atoms with Crippen molar-refractivity contribution in [2.45, 2.75) is 36.0 Å². The van der Waals surface area contributed by atoms with Gasteiger partial charge in [-0.05, 0) is 24.4 Å². The van der Waals surface area contributed by atoms with Crippen LogP contribution in [0.3, 0.4) is 0 Å². The van der Waals surface area contributed by atoms with E-state index in [1.54, 1.807) is 11.8 Å². The van der Waals surface area contributed by atoms with E-state index in [4.69, 9.17) is 23.2 Å². The van der Waals surface area contributed by atoms with Crippen LogP contribution in [0.15, 0.2) is 5.03 Å². The quantitative estimate of drug-likeness (QED) is 0.807. The minimum Gasteiger partial charge on any atom is -0.207 e. The van der Waals surface area contributed by atoms with Crippen LogP contribution >= 0.6 is 35.0 Å². The molecular weight excluding hydrogens is 241 g/mol. The van der Waals surface area contributed by atoms with Crippen molar-refractivity contribution in [2.75, 3.05) is 0 Å². The van der Waals surface area contributed by atoms with Crippen LogP contribution < -0.4 is 0 Å². The molecule has 1 aromatic heterocycles. The van der Waals surface area contributed by atoms with Gasteiger partial charge in [0, 0.05) is 5.25 Å². The first-order valence-corrected chi connectivity index (χ1v) is 6.11. The Morgan fingerprint density at radius 3 is 2.57 bits per heavy atom. The van der Waals surface area contributed by atoms with Crippen LogP contribution in [0.1, 0.15) is 25.7 Å². The average Bonchev–Trinajstić information content (AvgIpc) is 2.64. The lowest BCUT2D eigenvalue weighted by atomic mass is 10.4. The molecule has 3 nitrogen and oxygen atoms in total. The lowest BCUT2D eigenvalue weighted by Gasteiger charge is -2.07. The Morgan fingerprint density at radius 1 is 1.14 bits per heavy atom. The highest BCUT2D eigenvalue weighted by Gasteiger charge is 2.19. The van der Waals surface area contributed by atoms with E-state index in [1.807, 2.05) is 0 Å². The van der Waals surface area contributed by atoms with Gasteiger partial charge in [0.25, 0.3) is 0 Å². The zero-order chi connectivity index (χ0) is 9.97. The molecule has 0 N–H and O–H groups in total. The molecule has 0 unspecified atom stereocenters. The van der Waals surface area contributed by atoms with E-state index in [2.05, 4.69) is 15.2 Å². The molecular formula is C8H9Cl2N3S. The van der Waals surface area contributed by atoms with E-state index in [-0.39, 0.29) is 5.28 Å². The van der Waals surface area contributed by atoms with Gasteiger partial charge in [-0.3, -0.25) is 0 Å². The van der Waals surface area contributed by atoms with Crippen LogP contribution in [-0.2, 0) is 0 Å². The van der Waals surface area contributed by atoms with Gasteiger partial charge in [0.2, 0.25) is 5.28 Å². The highest BCUT2D eigenvalue weighted by Crippen LogP contribution is 2.36. The SMILES string of the molecule is Clc1nnc(Cl)c(SC2CCCC2)n1. The Morgan fingerprint density at radius 2 is 1.86 bits per heavy atom. The Balaban J connectivity index is 2.10. The second-order valence-electron chi connectivity index (χ2n) is 3.20. The number of hydrogen-bond acceptors (Lipinski definition) is 4. The number of thioether (sulfide) groups is 1. The van der Waals surface area contributed by atoms with Gasteiger partial charge >= 0.3 is 0 Å². The summed E-state index contributed by atoms with van der Waals surface area (Å²) in [5.74, 6) is 0. The molecule has 0 bridgehead atoms. The van der Waals surface area contributed by atoms with Crippen molar-refractivity contribution >= 4 is 35.0 Å². The third-order valence-corrected chi connectivity index (χ3v) is 4.01. The first-order chi connectivity index (χ1) is 6.75. The van der Waals surface area contributed by atoms with Gasteiger partial charge in [-0.1, -0.05) is 36.2 Å². The van der Waals surface area contributed by atoms with E-state index < -0.39 is 0 Å². The van der Waals surface area contributed by atoms with Crippen molar-refractivity contribution in [1.29, 1.82) is 0 Å². The van der Waals surface area contributed by atoms with E-state index in [9.17, 15) is 0 Å². The van der Waals surface area contributed by atoms with Gasteiger partial charge in [-0.2, -0.15) is 0 Å². The Bertz CT molecular complexity index is 328. The lowest BCUT2D eigenvalue weighted by Crippen LogP contribution is -1.98. The molecule has 1 saturated carbocycles. The fourth-order valence-electron chi connectivity index (χ4n) is 1.52. The Hall–Kier alpha value is -0.0600. The van der Waals surface area contributed by atoms with Gasteiger partial charge in [-0.25, -0.2) is 4.98 Å². The molecule has 1 aromatic rings. The van der Waals surface area contributed by atoms with Crippen molar-refractivity contribution in [3.05, 3.63) is 10.4 Å². The Kier molecular flexibility index (Phi) is 3.47. The molecule has 6 heteroatoms. The summed E-state index contributed by atoms with van der Waals surface area (Å²) in [4.78, 5) is 4.06. The summed E-state index contributed by atoms with van der Waals surface area (Å²) < 4.78 is 0. The summed E-state index contributed by atoms with van der Waals surface area (Å²) in [5.41, 5.74) is 0. The van der Waals surface area contributed by atoms with Gasteiger partial charge in [-0.15, -0.1) is 10.2 Å². The molecule has 0 amide bonds. The largest absolute Gasteiger partial charge is 0.244 e. The normalized spacial score (nSPS) is 17.6. The molecule has 0 aliphatic heterocycles. The maximum atomic E-state index is 5.86. The summed E-state index contributed by atoms with van der Waals surface area (Å²) in [7, 11) is 0. The van der Waals surface area contributed by atoms with Crippen molar-refractivity contribution in [3.63, 3.8) is 0 Å². The third-order valence-electron chi connectivity index (χ3n) is 2.17. The third kappa shape index (κ3) is 2.49. The summed E-state index contributed by atoms with van der Waals surface area (Å²) in [6.07, 6.45) is 5.04. The van der Waals surface area contributed by atoms with Crippen LogP contribution in [0.25, 0.3) is 0 Å². The molecule has 0 radical (unpaired) electrons. The van der Waals surface area contributed by atoms with E-state index in [1.165, 1.54) is 25.7 Å². The fraction of sp³-hybridized carbons (Fsp3) is 0.625. The molecule has 1 fully saturated rings. The van der Waals surface area contributed by atoms with E-state index in [0.717, 1.165) is 0 Å². The highest BCUT2D eigenvalue weighted by molar-refractivity contribution is 8.00. The summed E-state index contributed by atoms with van der Waals surface area (Å²) in [5, 5.41) is 9.13. The number of halogens is 2. The lowest BCUT2D eigenvalue weighted by molar-refractivity contribution is 0.876. The summed E-state index contributed by atoms with van der Waals surface area (Å²) in [6.45, 7) is 0. The highest BCUT2D eigenvalue weighted by atomic mass is 35.5. The maximum absolute atomic E-state index is 5.86. The molecule has 1 heterocycles. The summed E-state index contributed by atoms with van der Waals surface area (Å²) in [6, 6.07) is 0. The molecule has 0 aromatic carbocycles. The second kappa shape index (κ2) is 4.64. The predicted octanol–water partition coefficient (Wildman–Crippen LogP) is 3.21. The number of aromatic nitrogens is 3. The first-order valence-electron chi connectivity index (χ1n) is 4.48. The standard InChI is InChI=1S/C8H9Cl2N3S/c9-6-7(11-8(10)13-12-6)14-5-3-1-2-4-5/h5H,1-4H2. The average molecular weight is 250 g/mol. The fourth-order valence-corrected chi connectivity index (χ4v) is 3.07. The van der Waals surface area contributed by atoms with Crippen LogP contribution in [0.2, 0.25) is 10.4 Å². The molecule has 2 rings (SSSR count). The molecule has 0 atom stereocenters.